The number of benzene rings is 1. The van der Waals surface area contributed by atoms with E-state index >= 15 is 0 Å². The highest BCUT2D eigenvalue weighted by molar-refractivity contribution is 5.42. The maximum absolute atomic E-state index is 2.31. The fourth-order valence-corrected chi connectivity index (χ4v) is 3.19. The van der Waals surface area contributed by atoms with E-state index in [1.165, 1.54) is 22.3 Å². The fourth-order valence-electron chi connectivity index (χ4n) is 3.19. The quantitative estimate of drug-likeness (QED) is 0.726. The molecule has 0 heterocycles. The first-order chi connectivity index (χ1) is 9.74. The van der Waals surface area contributed by atoms with Crippen LogP contribution < -0.4 is 0 Å². The Kier molecular flexibility index (Phi) is 3.73. The number of aryl methyl sites for hydroxylation is 1. The minimum atomic E-state index is 0.578. The Hall–Kier alpha value is -1.82. The summed E-state index contributed by atoms with van der Waals surface area (Å²) >= 11 is 0. The van der Waals surface area contributed by atoms with Gasteiger partial charge in [-0.3, -0.25) is 0 Å². The summed E-state index contributed by atoms with van der Waals surface area (Å²) in [5.41, 5.74) is 5.96. The van der Waals surface area contributed by atoms with Gasteiger partial charge in [0.25, 0.3) is 0 Å². The number of rotatable bonds is 4. The average Bonchev–Trinajstić information content (AvgIpc) is 3.11. The van der Waals surface area contributed by atoms with Crippen LogP contribution in [-0.2, 0) is 12.8 Å². The van der Waals surface area contributed by atoms with Crippen molar-refractivity contribution in [2.24, 2.45) is 11.8 Å². The van der Waals surface area contributed by atoms with Gasteiger partial charge in [-0.1, -0.05) is 60.7 Å². The van der Waals surface area contributed by atoms with E-state index in [9.17, 15) is 0 Å². The molecule has 1 aromatic carbocycles. The van der Waals surface area contributed by atoms with Crippen molar-refractivity contribution < 1.29 is 0 Å². The summed E-state index contributed by atoms with van der Waals surface area (Å²) in [4.78, 5) is 0. The number of hydrogen-bond acceptors (Lipinski definition) is 0. The molecule has 0 aliphatic heterocycles. The molecule has 0 N–H and O–H groups in total. The van der Waals surface area contributed by atoms with Gasteiger partial charge in [0.15, 0.2) is 0 Å². The third-order valence-electron chi connectivity index (χ3n) is 4.50. The van der Waals surface area contributed by atoms with Crippen LogP contribution in [0.4, 0.5) is 0 Å². The van der Waals surface area contributed by atoms with E-state index < -0.39 is 0 Å². The molecule has 0 radical (unpaired) electrons. The minimum Gasteiger partial charge on any atom is -0.0773 e. The van der Waals surface area contributed by atoms with E-state index in [1.807, 2.05) is 0 Å². The van der Waals surface area contributed by atoms with Gasteiger partial charge < -0.3 is 0 Å². The van der Waals surface area contributed by atoms with E-state index in [0.29, 0.717) is 11.8 Å². The normalized spacial score (nSPS) is 17.7. The first-order valence-electron chi connectivity index (χ1n) is 7.52. The summed E-state index contributed by atoms with van der Waals surface area (Å²) in [6.07, 6.45) is 20.1. The highest BCUT2D eigenvalue weighted by Gasteiger charge is 2.14. The molecule has 0 amide bonds. The van der Waals surface area contributed by atoms with Crippen LogP contribution in [0.3, 0.4) is 0 Å². The molecular formula is C20H22. The lowest BCUT2D eigenvalue weighted by atomic mass is 9.88. The highest BCUT2D eigenvalue weighted by Crippen LogP contribution is 2.26. The van der Waals surface area contributed by atoms with Crippen molar-refractivity contribution in [1.29, 1.82) is 0 Å². The molecule has 0 unspecified atom stereocenters. The van der Waals surface area contributed by atoms with Crippen molar-refractivity contribution in [2.45, 2.75) is 26.7 Å². The molecule has 0 bridgehead atoms. The topological polar surface area (TPSA) is 0 Å². The summed E-state index contributed by atoms with van der Waals surface area (Å²) in [5, 5.41) is 0. The van der Waals surface area contributed by atoms with Crippen LogP contribution in [0.1, 0.15) is 22.3 Å². The van der Waals surface area contributed by atoms with Gasteiger partial charge in [-0.25, -0.2) is 0 Å². The van der Waals surface area contributed by atoms with Crippen LogP contribution in [0.5, 0.6) is 0 Å². The first-order valence-corrected chi connectivity index (χ1v) is 7.52. The maximum atomic E-state index is 2.31. The second-order valence-corrected chi connectivity index (χ2v) is 5.92. The van der Waals surface area contributed by atoms with E-state index in [-0.39, 0.29) is 0 Å². The summed E-state index contributed by atoms with van der Waals surface area (Å²) in [6.45, 7) is 4.53. The Balaban J connectivity index is 1.84. The van der Waals surface area contributed by atoms with Gasteiger partial charge in [0, 0.05) is 0 Å². The van der Waals surface area contributed by atoms with Crippen molar-refractivity contribution in [3.8, 4) is 0 Å². The molecule has 0 heteroatoms. The predicted octanol–water partition coefficient (Wildman–Crippen LogP) is 4.87. The number of allylic oxidation sites excluding steroid dienone is 8. The molecule has 0 saturated heterocycles. The zero-order chi connectivity index (χ0) is 13.9. The van der Waals surface area contributed by atoms with Gasteiger partial charge in [0.1, 0.15) is 0 Å². The molecule has 20 heavy (non-hydrogen) atoms. The van der Waals surface area contributed by atoms with Gasteiger partial charge in [-0.05, 0) is 60.8 Å². The lowest BCUT2D eigenvalue weighted by molar-refractivity contribution is 0.781. The molecule has 0 atom stereocenters. The molecule has 102 valence electrons. The average molecular weight is 262 g/mol. The molecule has 3 rings (SSSR count). The zero-order valence-electron chi connectivity index (χ0n) is 12.3. The lowest BCUT2D eigenvalue weighted by Crippen LogP contribution is -2.06. The van der Waals surface area contributed by atoms with Crippen molar-refractivity contribution in [2.75, 3.05) is 0 Å². The molecule has 1 aromatic rings. The van der Waals surface area contributed by atoms with Crippen LogP contribution >= 0.6 is 0 Å². The zero-order valence-corrected chi connectivity index (χ0v) is 12.3. The lowest BCUT2D eigenvalue weighted by Gasteiger charge is -2.17. The molecule has 0 spiro atoms. The maximum Gasteiger partial charge on any atom is -0.000663 e. The van der Waals surface area contributed by atoms with Crippen LogP contribution in [0, 0.1) is 25.7 Å². The monoisotopic (exact) mass is 262 g/mol. The molecule has 0 fully saturated rings. The smallest absolute Gasteiger partial charge is 0.000663 e. The third kappa shape index (κ3) is 2.70. The Morgan fingerprint density at radius 2 is 1.30 bits per heavy atom. The van der Waals surface area contributed by atoms with E-state index in [4.69, 9.17) is 0 Å². The second-order valence-electron chi connectivity index (χ2n) is 5.92. The second kappa shape index (κ2) is 5.66. The summed E-state index contributed by atoms with van der Waals surface area (Å²) in [6, 6.07) is 4.61. The van der Waals surface area contributed by atoms with Crippen LogP contribution in [0.25, 0.3) is 0 Å². The molecule has 0 aromatic heterocycles. The van der Waals surface area contributed by atoms with E-state index in [2.05, 4.69) is 74.6 Å². The first kappa shape index (κ1) is 13.2. The van der Waals surface area contributed by atoms with Gasteiger partial charge in [0.05, 0.1) is 0 Å². The van der Waals surface area contributed by atoms with E-state index in [0.717, 1.165) is 12.8 Å². The van der Waals surface area contributed by atoms with Gasteiger partial charge in [-0.2, -0.15) is 0 Å². The van der Waals surface area contributed by atoms with Crippen LogP contribution in [-0.4, -0.2) is 0 Å². The third-order valence-corrected chi connectivity index (χ3v) is 4.50. The Labute approximate surface area is 122 Å². The Morgan fingerprint density at radius 1 is 0.750 bits per heavy atom. The van der Waals surface area contributed by atoms with Gasteiger partial charge in [0.2, 0.25) is 0 Å². The summed E-state index contributed by atoms with van der Waals surface area (Å²) in [5.74, 6) is 1.16. The fraction of sp³-hybridized carbons (Fsp3) is 0.300. The summed E-state index contributed by atoms with van der Waals surface area (Å²) < 4.78 is 0. The van der Waals surface area contributed by atoms with Crippen LogP contribution in [0.15, 0.2) is 60.7 Å². The van der Waals surface area contributed by atoms with Crippen molar-refractivity contribution in [1.82, 2.24) is 0 Å². The van der Waals surface area contributed by atoms with Crippen molar-refractivity contribution in [3.63, 3.8) is 0 Å². The molecule has 0 nitrogen and oxygen atoms in total. The van der Waals surface area contributed by atoms with Gasteiger partial charge >= 0.3 is 0 Å². The highest BCUT2D eigenvalue weighted by atomic mass is 14.2. The van der Waals surface area contributed by atoms with Crippen molar-refractivity contribution >= 4 is 0 Å². The predicted molar refractivity (Wildman–Crippen MR) is 86.9 cm³/mol. The molecule has 2 aliphatic carbocycles. The van der Waals surface area contributed by atoms with Crippen molar-refractivity contribution in [3.05, 3.63) is 83.0 Å². The molecular weight excluding hydrogens is 240 g/mol. The van der Waals surface area contributed by atoms with E-state index in [1.54, 1.807) is 0 Å². The Bertz CT molecular complexity index is 587. The SMILES string of the molecule is Cc1ccc(CC2C=CC=C2)c(C)c1CC1C=CC=C1. The molecule has 2 aliphatic rings. The van der Waals surface area contributed by atoms with Gasteiger partial charge in [-0.15, -0.1) is 0 Å². The summed E-state index contributed by atoms with van der Waals surface area (Å²) in [7, 11) is 0. The van der Waals surface area contributed by atoms with Crippen LogP contribution in [0.2, 0.25) is 0 Å². The largest absolute Gasteiger partial charge is 0.0773 e. The molecule has 0 saturated carbocycles. The minimum absolute atomic E-state index is 0.578. The number of hydrogen-bond donors (Lipinski definition) is 0. The standard InChI is InChI=1S/C20H22/c1-15-11-12-19(13-17-7-3-4-8-17)16(2)20(15)14-18-9-5-6-10-18/h3-12,17-18H,13-14H2,1-2H3. The Morgan fingerprint density at radius 3 is 1.90 bits per heavy atom.